The summed E-state index contributed by atoms with van der Waals surface area (Å²) in [5.41, 5.74) is 2.07. The fourth-order valence-corrected chi connectivity index (χ4v) is 4.32. The van der Waals surface area contributed by atoms with Gasteiger partial charge in [-0.1, -0.05) is 55.8 Å². The van der Waals surface area contributed by atoms with Crippen LogP contribution in [0.1, 0.15) is 37.9 Å². The molecule has 0 fully saturated rings. The highest BCUT2D eigenvalue weighted by atomic mass is 35.5. The second-order valence-corrected chi connectivity index (χ2v) is 8.20. The summed E-state index contributed by atoms with van der Waals surface area (Å²) in [6, 6.07) is 14.9. The molecule has 4 nitrogen and oxygen atoms in total. The van der Waals surface area contributed by atoms with Crippen molar-refractivity contribution in [2.75, 3.05) is 13.1 Å². The monoisotopic (exact) mass is 416 g/mol. The molecule has 0 saturated carbocycles. The van der Waals surface area contributed by atoms with Gasteiger partial charge in [0.05, 0.1) is 4.90 Å². The van der Waals surface area contributed by atoms with Crippen LogP contribution in [0.4, 0.5) is 0 Å². The van der Waals surface area contributed by atoms with Gasteiger partial charge >= 0.3 is 0 Å². The Balaban J connectivity index is 0.00000338. The summed E-state index contributed by atoms with van der Waals surface area (Å²) < 4.78 is 26.5. The van der Waals surface area contributed by atoms with Gasteiger partial charge in [0, 0.05) is 30.7 Å². The highest BCUT2D eigenvalue weighted by molar-refractivity contribution is 7.89. The third-order valence-electron chi connectivity index (χ3n) is 4.28. The molecule has 144 valence electrons. The van der Waals surface area contributed by atoms with Crippen molar-refractivity contribution in [3.63, 3.8) is 0 Å². The third kappa shape index (κ3) is 5.44. The number of nitrogens with zero attached hydrogens (tertiary/aromatic N) is 1. The molecule has 0 aliphatic rings. The van der Waals surface area contributed by atoms with Crippen molar-refractivity contribution >= 4 is 34.0 Å². The van der Waals surface area contributed by atoms with Gasteiger partial charge < -0.3 is 5.32 Å². The molecular formula is C19H26Cl2N2O2S. The van der Waals surface area contributed by atoms with E-state index in [1.54, 1.807) is 12.1 Å². The number of benzene rings is 2. The minimum atomic E-state index is -3.41. The van der Waals surface area contributed by atoms with Crippen LogP contribution in [0.3, 0.4) is 0 Å². The summed E-state index contributed by atoms with van der Waals surface area (Å²) >= 11 is 6.17. The van der Waals surface area contributed by atoms with Gasteiger partial charge in [-0.3, -0.25) is 0 Å². The van der Waals surface area contributed by atoms with E-state index in [9.17, 15) is 8.42 Å². The molecule has 1 N–H and O–H groups in total. The lowest BCUT2D eigenvalue weighted by molar-refractivity contribution is 0.445. The van der Waals surface area contributed by atoms with Gasteiger partial charge in [-0.15, -0.1) is 12.4 Å². The number of hydrogen-bond acceptors (Lipinski definition) is 3. The second-order valence-electron chi connectivity index (χ2n) is 5.85. The molecule has 0 spiro atoms. The standard InChI is InChI=1S/C19H25ClN2O2S.ClH/c1-4-22(5-2)25(23,24)18-12-10-16(11-13-18)15(3)21-14-17-8-6-7-9-19(17)20;/h6-13,15,21H,4-5,14H2,1-3H3;1H. The Morgan fingerprint density at radius 2 is 1.62 bits per heavy atom. The smallest absolute Gasteiger partial charge is 0.243 e. The molecule has 2 aromatic rings. The molecule has 0 aliphatic carbocycles. The van der Waals surface area contributed by atoms with Crippen LogP contribution in [0, 0.1) is 0 Å². The lowest BCUT2D eigenvalue weighted by Gasteiger charge is -2.19. The van der Waals surface area contributed by atoms with Crippen LogP contribution in [0.5, 0.6) is 0 Å². The van der Waals surface area contributed by atoms with Crippen LogP contribution in [-0.4, -0.2) is 25.8 Å². The van der Waals surface area contributed by atoms with E-state index in [4.69, 9.17) is 11.6 Å². The van der Waals surface area contributed by atoms with Crippen LogP contribution in [0.15, 0.2) is 53.4 Å². The fourth-order valence-electron chi connectivity index (χ4n) is 2.66. The Labute approximate surface area is 168 Å². The number of hydrogen-bond donors (Lipinski definition) is 1. The van der Waals surface area contributed by atoms with Crippen LogP contribution in [0.25, 0.3) is 0 Å². The van der Waals surface area contributed by atoms with Gasteiger partial charge in [0.1, 0.15) is 0 Å². The summed E-state index contributed by atoms with van der Waals surface area (Å²) in [6.45, 7) is 7.32. The molecule has 7 heteroatoms. The molecule has 0 aromatic heterocycles. The topological polar surface area (TPSA) is 49.4 Å². The maximum Gasteiger partial charge on any atom is 0.243 e. The van der Waals surface area contributed by atoms with E-state index in [1.165, 1.54) is 4.31 Å². The first-order chi connectivity index (χ1) is 11.9. The Hall–Kier alpha value is -1.11. The molecule has 0 amide bonds. The fraction of sp³-hybridized carbons (Fsp3) is 0.368. The molecule has 0 saturated heterocycles. The van der Waals surface area contributed by atoms with Crippen molar-refractivity contribution in [3.05, 3.63) is 64.7 Å². The predicted octanol–water partition coefficient (Wildman–Crippen LogP) is 4.64. The summed E-state index contributed by atoms with van der Waals surface area (Å²) in [7, 11) is -3.41. The lowest BCUT2D eigenvalue weighted by atomic mass is 10.1. The van der Waals surface area contributed by atoms with Gasteiger partial charge in [0.2, 0.25) is 10.0 Å². The summed E-state index contributed by atoms with van der Waals surface area (Å²) in [5, 5.41) is 4.15. The Bertz CT molecular complexity index is 791. The molecule has 2 aromatic carbocycles. The zero-order chi connectivity index (χ0) is 18.4. The quantitative estimate of drug-likeness (QED) is 0.681. The first kappa shape index (κ1) is 22.9. The summed E-state index contributed by atoms with van der Waals surface area (Å²) in [5.74, 6) is 0. The number of rotatable bonds is 8. The first-order valence-electron chi connectivity index (χ1n) is 8.47. The SMILES string of the molecule is CCN(CC)S(=O)(=O)c1ccc(C(C)NCc2ccccc2Cl)cc1.Cl. The van der Waals surface area contributed by atoms with Gasteiger partial charge in [-0.2, -0.15) is 4.31 Å². The van der Waals surface area contributed by atoms with E-state index in [-0.39, 0.29) is 18.4 Å². The third-order valence-corrected chi connectivity index (χ3v) is 6.71. The zero-order valence-corrected chi connectivity index (χ0v) is 17.7. The van der Waals surface area contributed by atoms with Crippen molar-refractivity contribution < 1.29 is 8.42 Å². The van der Waals surface area contributed by atoms with Crippen LogP contribution < -0.4 is 5.32 Å². The number of sulfonamides is 1. The van der Waals surface area contributed by atoms with Gasteiger partial charge in [0.25, 0.3) is 0 Å². The van der Waals surface area contributed by atoms with E-state index in [0.29, 0.717) is 24.5 Å². The minimum absolute atomic E-state index is 0. The van der Waals surface area contributed by atoms with E-state index in [2.05, 4.69) is 5.32 Å². The van der Waals surface area contributed by atoms with E-state index < -0.39 is 10.0 Å². The molecule has 0 bridgehead atoms. The second kappa shape index (κ2) is 10.3. The van der Waals surface area contributed by atoms with Gasteiger partial charge in [0.15, 0.2) is 0 Å². The van der Waals surface area contributed by atoms with Crippen molar-refractivity contribution in [1.29, 1.82) is 0 Å². The largest absolute Gasteiger partial charge is 0.306 e. The average molecular weight is 417 g/mol. The number of halogens is 2. The van der Waals surface area contributed by atoms with E-state index in [1.807, 2.05) is 57.2 Å². The van der Waals surface area contributed by atoms with Gasteiger partial charge in [-0.05, 0) is 36.2 Å². The molecule has 0 aliphatic heterocycles. The maximum atomic E-state index is 12.5. The molecule has 2 rings (SSSR count). The highest BCUT2D eigenvalue weighted by Gasteiger charge is 2.21. The molecule has 0 heterocycles. The van der Waals surface area contributed by atoms with Crippen molar-refractivity contribution in [2.45, 2.75) is 38.3 Å². The Morgan fingerprint density at radius 3 is 2.15 bits per heavy atom. The van der Waals surface area contributed by atoms with Crippen molar-refractivity contribution in [1.82, 2.24) is 9.62 Å². The lowest BCUT2D eigenvalue weighted by Crippen LogP contribution is -2.30. The molecule has 1 atom stereocenters. The van der Waals surface area contributed by atoms with Crippen LogP contribution in [0.2, 0.25) is 5.02 Å². The van der Waals surface area contributed by atoms with Crippen molar-refractivity contribution in [3.8, 4) is 0 Å². The highest BCUT2D eigenvalue weighted by Crippen LogP contribution is 2.21. The summed E-state index contributed by atoms with van der Waals surface area (Å²) in [6.07, 6.45) is 0. The number of nitrogens with one attached hydrogen (secondary N) is 1. The minimum Gasteiger partial charge on any atom is -0.306 e. The average Bonchev–Trinajstić information content (AvgIpc) is 2.61. The Morgan fingerprint density at radius 1 is 1.04 bits per heavy atom. The van der Waals surface area contributed by atoms with E-state index >= 15 is 0 Å². The molecule has 1 unspecified atom stereocenters. The maximum absolute atomic E-state index is 12.5. The van der Waals surface area contributed by atoms with Crippen LogP contribution in [-0.2, 0) is 16.6 Å². The molecular weight excluding hydrogens is 391 g/mol. The van der Waals surface area contributed by atoms with Crippen molar-refractivity contribution in [2.24, 2.45) is 0 Å². The van der Waals surface area contributed by atoms with Gasteiger partial charge in [-0.25, -0.2) is 8.42 Å². The predicted molar refractivity (Wildman–Crippen MR) is 111 cm³/mol. The van der Waals surface area contributed by atoms with E-state index in [0.717, 1.165) is 16.1 Å². The van der Waals surface area contributed by atoms with Crippen LogP contribution >= 0.6 is 24.0 Å². The first-order valence-corrected chi connectivity index (χ1v) is 10.3. The normalized spacial score (nSPS) is 12.7. The molecule has 26 heavy (non-hydrogen) atoms. The molecule has 0 radical (unpaired) electrons. The zero-order valence-electron chi connectivity index (χ0n) is 15.3. The summed E-state index contributed by atoms with van der Waals surface area (Å²) in [4.78, 5) is 0.332. The Kier molecular flexibility index (Phi) is 9.07.